The zero-order chi connectivity index (χ0) is 19.5. The standard InChI is InChI=1S/C20H41N5O2.HI/c1-5-21-20(22-14-18(4)16-24-6-10-26-11-7-24)23-15-19(17(2)3)25-8-12-27-13-9-25;/h17-19H,5-16H2,1-4H3,(H2,21,22,23);1H. The Morgan fingerprint density at radius 1 is 0.964 bits per heavy atom. The molecule has 0 aliphatic carbocycles. The van der Waals surface area contributed by atoms with Crippen molar-refractivity contribution in [3.63, 3.8) is 0 Å². The Labute approximate surface area is 189 Å². The highest BCUT2D eigenvalue weighted by Crippen LogP contribution is 2.12. The highest BCUT2D eigenvalue weighted by molar-refractivity contribution is 14.0. The molecule has 166 valence electrons. The number of nitrogens with one attached hydrogen (secondary N) is 2. The van der Waals surface area contributed by atoms with Crippen LogP contribution in [0.25, 0.3) is 0 Å². The number of ether oxygens (including phenoxy) is 2. The first kappa shape index (κ1) is 25.9. The van der Waals surface area contributed by atoms with Gasteiger partial charge in [0.2, 0.25) is 0 Å². The third-order valence-corrected chi connectivity index (χ3v) is 5.34. The van der Waals surface area contributed by atoms with Gasteiger partial charge in [-0.1, -0.05) is 20.8 Å². The lowest BCUT2D eigenvalue weighted by Crippen LogP contribution is -2.52. The number of halogens is 1. The predicted octanol–water partition coefficient (Wildman–Crippen LogP) is 1.48. The van der Waals surface area contributed by atoms with Gasteiger partial charge in [0.05, 0.1) is 26.4 Å². The molecule has 0 aromatic rings. The minimum absolute atomic E-state index is 0. The molecule has 2 aliphatic heterocycles. The maximum atomic E-state index is 5.51. The molecule has 2 unspecified atom stereocenters. The number of morpholine rings is 2. The lowest BCUT2D eigenvalue weighted by Gasteiger charge is -2.37. The first-order valence-corrected chi connectivity index (χ1v) is 10.7. The number of nitrogens with zero attached hydrogens (tertiary/aromatic N) is 3. The number of guanidine groups is 1. The Balaban J connectivity index is 0.00000392. The molecule has 2 atom stereocenters. The van der Waals surface area contributed by atoms with Crippen LogP contribution in [0.2, 0.25) is 0 Å². The Bertz CT molecular complexity index is 427. The second-order valence-corrected chi connectivity index (χ2v) is 8.08. The van der Waals surface area contributed by atoms with E-state index in [1.807, 2.05) is 0 Å². The molecule has 2 aliphatic rings. The summed E-state index contributed by atoms with van der Waals surface area (Å²) in [5.74, 6) is 2.07. The fourth-order valence-electron chi connectivity index (χ4n) is 3.77. The Hall–Kier alpha value is -0.160. The van der Waals surface area contributed by atoms with E-state index in [2.05, 4.69) is 48.1 Å². The average molecular weight is 511 g/mol. The molecule has 0 aromatic heterocycles. The van der Waals surface area contributed by atoms with Crippen molar-refractivity contribution < 1.29 is 9.47 Å². The van der Waals surface area contributed by atoms with E-state index in [1.165, 1.54) is 0 Å². The fourth-order valence-corrected chi connectivity index (χ4v) is 3.77. The van der Waals surface area contributed by atoms with Gasteiger partial charge in [0, 0.05) is 58.4 Å². The molecule has 2 fully saturated rings. The van der Waals surface area contributed by atoms with Crippen LogP contribution >= 0.6 is 24.0 Å². The molecule has 2 heterocycles. The summed E-state index contributed by atoms with van der Waals surface area (Å²) in [6, 6.07) is 0.503. The molecule has 2 rings (SSSR count). The van der Waals surface area contributed by atoms with Gasteiger partial charge in [-0.05, 0) is 18.8 Å². The highest BCUT2D eigenvalue weighted by Gasteiger charge is 2.24. The van der Waals surface area contributed by atoms with Crippen LogP contribution in [0.1, 0.15) is 27.7 Å². The summed E-state index contributed by atoms with van der Waals surface area (Å²) in [4.78, 5) is 9.88. The molecule has 0 amide bonds. The topological polar surface area (TPSA) is 61.4 Å². The smallest absolute Gasteiger partial charge is 0.191 e. The summed E-state index contributed by atoms with van der Waals surface area (Å²) in [7, 11) is 0. The van der Waals surface area contributed by atoms with Gasteiger partial charge in [-0.2, -0.15) is 0 Å². The highest BCUT2D eigenvalue weighted by atomic mass is 127. The van der Waals surface area contributed by atoms with Gasteiger partial charge in [-0.15, -0.1) is 24.0 Å². The van der Waals surface area contributed by atoms with E-state index in [0.717, 1.165) is 84.7 Å². The van der Waals surface area contributed by atoms with Gasteiger partial charge in [-0.3, -0.25) is 14.8 Å². The van der Waals surface area contributed by atoms with Gasteiger partial charge >= 0.3 is 0 Å². The van der Waals surface area contributed by atoms with Crippen LogP contribution in [0, 0.1) is 11.8 Å². The van der Waals surface area contributed by atoms with E-state index in [0.29, 0.717) is 17.9 Å². The van der Waals surface area contributed by atoms with Crippen molar-refractivity contribution in [3.8, 4) is 0 Å². The van der Waals surface area contributed by atoms with Crippen molar-refractivity contribution in [2.24, 2.45) is 16.8 Å². The van der Waals surface area contributed by atoms with E-state index in [9.17, 15) is 0 Å². The van der Waals surface area contributed by atoms with Crippen LogP contribution in [0.3, 0.4) is 0 Å². The Kier molecular flexibility index (Phi) is 13.6. The van der Waals surface area contributed by atoms with Crippen LogP contribution in [0.5, 0.6) is 0 Å². The van der Waals surface area contributed by atoms with E-state index < -0.39 is 0 Å². The lowest BCUT2D eigenvalue weighted by atomic mass is 10.0. The zero-order valence-corrected chi connectivity index (χ0v) is 20.6. The predicted molar refractivity (Wildman–Crippen MR) is 127 cm³/mol. The van der Waals surface area contributed by atoms with Gasteiger partial charge in [0.15, 0.2) is 5.96 Å². The Morgan fingerprint density at radius 3 is 2.14 bits per heavy atom. The monoisotopic (exact) mass is 511 g/mol. The molecule has 0 aromatic carbocycles. The number of hydrogen-bond acceptors (Lipinski definition) is 5. The lowest BCUT2D eigenvalue weighted by molar-refractivity contribution is 0.00752. The Morgan fingerprint density at radius 2 is 1.57 bits per heavy atom. The van der Waals surface area contributed by atoms with Gasteiger partial charge in [0.1, 0.15) is 0 Å². The third kappa shape index (κ3) is 9.56. The second kappa shape index (κ2) is 14.8. The molecule has 0 spiro atoms. The zero-order valence-electron chi connectivity index (χ0n) is 18.3. The van der Waals surface area contributed by atoms with Gasteiger partial charge < -0.3 is 20.1 Å². The minimum atomic E-state index is 0. The largest absolute Gasteiger partial charge is 0.379 e. The maximum absolute atomic E-state index is 5.51. The van der Waals surface area contributed by atoms with Crippen molar-refractivity contribution >= 4 is 29.9 Å². The van der Waals surface area contributed by atoms with Gasteiger partial charge in [-0.25, -0.2) is 0 Å². The van der Waals surface area contributed by atoms with Crippen molar-refractivity contribution in [1.29, 1.82) is 0 Å². The molecular formula is C20H42IN5O2. The third-order valence-electron chi connectivity index (χ3n) is 5.34. The summed E-state index contributed by atoms with van der Waals surface area (Å²) in [6.45, 7) is 20.3. The SMILES string of the molecule is CCNC(=NCC(C)CN1CCOCC1)NCC(C(C)C)N1CCOCC1.I. The number of rotatable bonds is 9. The first-order chi connectivity index (χ1) is 13.1. The summed E-state index contributed by atoms with van der Waals surface area (Å²) in [6.07, 6.45) is 0. The molecule has 0 bridgehead atoms. The molecule has 0 radical (unpaired) electrons. The van der Waals surface area contributed by atoms with Crippen LogP contribution in [0.4, 0.5) is 0 Å². The molecular weight excluding hydrogens is 469 g/mol. The average Bonchev–Trinajstić information content (AvgIpc) is 2.67. The normalized spacial score (nSPS) is 21.8. The van der Waals surface area contributed by atoms with Crippen LogP contribution in [-0.2, 0) is 9.47 Å². The molecule has 2 saturated heterocycles. The number of hydrogen-bond donors (Lipinski definition) is 2. The molecule has 2 N–H and O–H groups in total. The minimum Gasteiger partial charge on any atom is -0.379 e. The van der Waals surface area contributed by atoms with Gasteiger partial charge in [0.25, 0.3) is 0 Å². The van der Waals surface area contributed by atoms with E-state index in [1.54, 1.807) is 0 Å². The van der Waals surface area contributed by atoms with Crippen molar-refractivity contribution in [2.75, 3.05) is 78.8 Å². The first-order valence-electron chi connectivity index (χ1n) is 10.7. The number of aliphatic imine (C=N–C) groups is 1. The summed E-state index contributed by atoms with van der Waals surface area (Å²) >= 11 is 0. The summed E-state index contributed by atoms with van der Waals surface area (Å²) < 4.78 is 10.9. The fraction of sp³-hybridized carbons (Fsp3) is 0.950. The van der Waals surface area contributed by atoms with Crippen molar-refractivity contribution in [1.82, 2.24) is 20.4 Å². The molecule has 0 saturated carbocycles. The van der Waals surface area contributed by atoms with E-state index >= 15 is 0 Å². The second-order valence-electron chi connectivity index (χ2n) is 8.08. The molecule has 7 nitrogen and oxygen atoms in total. The maximum Gasteiger partial charge on any atom is 0.191 e. The van der Waals surface area contributed by atoms with Crippen LogP contribution < -0.4 is 10.6 Å². The van der Waals surface area contributed by atoms with Crippen molar-refractivity contribution in [2.45, 2.75) is 33.7 Å². The van der Waals surface area contributed by atoms with Crippen LogP contribution in [0.15, 0.2) is 4.99 Å². The van der Waals surface area contributed by atoms with E-state index in [-0.39, 0.29) is 24.0 Å². The van der Waals surface area contributed by atoms with E-state index in [4.69, 9.17) is 14.5 Å². The van der Waals surface area contributed by atoms with Crippen LogP contribution in [-0.4, -0.2) is 101 Å². The van der Waals surface area contributed by atoms with Crippen molar-refractivity contribution in [3.05, 3.63) is 0 Å². The quantitative estimate of drug-likeness (QED) is 0.278. The molecule has 28 heavy (non-hydrogen) atoms. The molecule has 8 heteroatoms. The summed E-state index contributed by atoms with van der Waals surface area (Å²) in [5, 5.41) is 6.98. The summed E-state index contributed by atoms with van der Waals surface area (Å²) in [5.41, 5.74) is 0.